The van der Waals surface area contributed by atoms with Gasteiger partial charge in [0.2, 0.25) is 0 Å². The van der Waals surface area contributed by atoms with Crippen LogP contribution in [0.5, 0.6) is 17.2 Å². The lowest BCUT2D eigenvalue weighted by Crippen LogP contribution is -2.43. The molecule has 3 aromatic carbocycles. The van der Waals surface area contributed by atoms with Crippen LogP contribution in [0.3, 0.4) is 0 Å². The fraction of sp³-hybridized carbons (Fsp3) is 0.226. The maximum atomic E-state index is 13.7. The summed E-state index contributed by atoms with van der Waals surface area (Å²) in [4.78, 5) is 19.9. The average Bonchev–Trinajstić information content (AvgIpc) is 3.36. The van der Waals surface area contributed by atoms with Gasteiger partial charge in [0.05, 0.1) is 37.2 Å². The van der Waals surface area contributed by atoms with Gasteiger partial charge in [-0.2, -0.15) is 13.2 Å². The number of aromatic nitrogens is 2. The number of rotatable bonds is 6. The van der Waals surface area contributed by atoms with Gasteiger partial charge in [-0.15, -0.1) is 0 Å². The zero-order chi connectivity index (χ0) is 28.7. The molecule has 5 aromatic rings. The molecule has 210 valence electrons. The molecule has 1 unspecified atom stereocenters. The number of amides is 1. The molecule has 0 N–H and O–H groups in total. The van der Waals surface area contributed by atoms with Crippen molar-refractivity contribution in [1.29, 1.82) is 0 Å². The summed E-state index contributed by atoms with van der Waals surface area (Å²) < 4.78 is 58.8. The van der Waals surface area contributed by atoms with E-state index in [1.807, 2.05) is 48.5 Å². The molecule has 1 atom stereocenters. The highest BCUT2D eigenvalue weighted by Crippen LogP contribution is 2.40. The van der Waals surface area contributed by atoms with Crippen LogP contribution < -0.4 is 14.2 Å². The minimum Gasteiger partial charge on any atom is -0.493 e. The molecule has 1 aliphatic heterocycles. The number of fused-ring (bicyclic) bond motifs is 4. The van der Waals surface area contributed by atoms with Crippen molar-refractivity contribution in [1.82, 2.24) is 14.3 Å². The Bertz CT molecular complexity index is 1770. The molecule has 1 amide bonds. The van der Waals surface area contributed by atoms with E-state index < -0.39 is 17.8 Å². The summed E-state index contributed by atoms with van der Waals surface area (Å²) in [6, 6.07) is 20.2. The van der Waals surface area contributed by atoms with Crippen LogP contribution in [0.15, 0.2) is 79.0 Å². The molecule has 7 nitrogen and oxygen atoms in total. The third-order valence-electron chi connectivity index (χ3n) is 7.35. The topological polar surface area (TPSA) is 65.3 Å². The van der Waals surface area contributed by atoms with Gasteiger partial charge >= 0.3 is 6.18 Å². The second kappa shape index (κ2) is 10.3. The quantitative estimate of drug-likeness (QED) is 0.252. The second-order valence-corrected chi connectivity index (χ2v) is 9.74. The van der Waals surface area contributed by atoms with Crippen LogP contribution in [0.4, 0.5) is 13.2 Å². The Balaban J connectivity index is 1.39. The number of hydrogen-bond acceptors (Lipinski definition) is 5. The number of imidazole rings is 1. The Morgan fingerprint density at radius 1 is 0.951 bits per heavy atom. The molecule has 1 aliphatic rings. The van der Waals surface area contributed by atoms with E-state index in [4.69, 9.17) is 14.2 Å². The Hall–Kier alpha value is -4.73. The zero-order valence-corrected chi connectivity index (χ0v) is 22.3. The van der Waals surface area contributed by atoms with E-state index in [1.165, 1.54) is 20.4 Å². The van der Waals surface area contributed by atoms with Crippen molar-refractivity contribution >= 4 is 22.3 Å². The summed E-state index contributed by atoms with van der Waals surface area (Å²) in [5, 5.41) is 2.05. The Morgan fingerprint density at radius 2 is 1.73 bits per heavy atom. The first-order chi connectivity index (χ1) is 19.8. The predicted octanol–water partition coefficient (Wildman–Crippen LogP) is 6.08. The van der Waals surface area contributed by atoms with Gasteiger partial charge in [0, 0.05) is 19.2 Å². The van der Waals surface area contributed by atoms with Crippen molar-refractivity contribution in [3.8, 4) is 17.2 Å². The number of carbonyl (C=O) groups is 1. The van der Waals surface area contributed by atoms with Crippen molar-refractivity contribution in [3.05, 3.63) is 102 Å². The minimum atomic E-state index is -4.50. The minimum absolute atomic E-state index is 0.164. The van der Waals surface area contributed by atoms with Gasteiger partial charge in [-0.1, -0.05) is 36.4 Å². The van der Waals surface area contributed by atoms with Crippen LogP contribution in [0.2, 0.25) is 0 Å². The number of halogens is 3. The number of nitrogens with zero attached hydrogens (tertiary/aromatic N) is 3. The molecule has 6 rings (SSSR count). The average molecular weight is 562 g/mol. The molecule has 3 heterocycles. The van der Waals surface area contributed by atoms with E-state index in [0.717, 1.165) is 22.9 Å². The van der Waals surface area contributed by atoms with Crippen molar-refractivity contribution < 1.29 is 32.2 Å². The van der Waals surface area contributed by atoms with Crippen LogP contribution >= 0.6 is 0 Å². The number of methoxy groups -OCH3 is 2. The molecule has 41 heavy (non-hydrogen) atoms. The van der Waals surface area contributed by atoms with E-state index in [2.05, 4.69) is 4.98 Å². The van der Waals surface area contributed by atoms with Gasteiger partial charge in [0.15, 0.2) is 18.1 Å². The van der Waals surface area contributed by atoms with Crippen LogP contribution in [0.25, 0.3) is 16.4 Å². The predicted molar refractivity (Wildman–Crippen MR) is 146 cm³/mol. The summed E-state index contributed by atoms with van der Waals surface area (Å²) >= 11 is 0. The lowest BCUT2D eigenvalue weighted by molar-refractivity contribution is -0.137. The Morgan fingerprint density at radius 3 is 2.49 bits per heavy atom. The molecule has 0 fully saturated rings. The molecule has 0 saturated heterocycles. The standard InChI is InChI=1S/C31H26F3N3O4/c1-39-25-10-8-21(16-26(25)40-2)29-30-24(35-27-17-22(31(32,33)34)11-13-36(27)30)12-14-37(29)28(38)18-41-23-9-7-19-5-3-4-6-20(19)15-23/h3-11,13,15-17,29H,12,14,18H2,1-2H3. The van der Waals surface area contributed by atoms with E-state index in [1.54, 1.807) is 21.4 Å². The van der Waals surface area contributed by atoms with Crippen molar-refractivity contribution in [2.45, 2.75) is 18.6 Å². The summed E-state index contributed by atoms with van der Waals surface area (Å²) in [6.07, 6.45) is -2.76. The van der Waals surface area contributed by atoms with Crippen molar-refractivity contribution in [2.75, 3.05) is 27.4 Å². The van der Waals surface area contributed by atoms with Gasteiger partial charge in [-0.25, -0.2) is 4.98 Å². The first kappa shape index (κ1) is 26.5. The van der Waals surface area contributed by atoms with Gasteiger partial charge in [0.1, 0.15) is 11.4 Å². The third-order valence-corrected chi connectivity index (χ3v) is 7.35. The summed E-state index contributed by atoms with van der Waals surface area (Å²) in [5.74, 6) is 1.26. The molecule has 0 bridgehead atoms. The van der Waals surface area contributed by atoms with Crippen LogP contribution in [-0.2, 0) is 17.4 Å². The Kier molecular flexibility index (Phi) is 6.69. The smallest absolute Gasteiger partial charge is 0.416 e. The fourth-order valence-corrected chi connectivity index (χ4v) is 5.38. The summed E-state index contributed by atoms with van der Waals surface area (Å²) in [6.45, 7) is 0.0916. The van der Waals surface area contributed by atoms with Crippen LogP contribution in [0.1, 0.15) is 28.6 Å². The van der Waals surface area contributed by atoms with E-state index in [-0.39, 0.29) is 18.2 Å². The molecule has 10 heteroatoms. The van der Waals surface area contributed by atoms with Gasteiger partial charge in [-0.3, -0.25) is 4.79 Å². The molecular weight excluding hydrogens is 535 g/mol. The maximum Gasteiger partial charge on any atom is 0.416 e. The number of alkyl halides is 3. The van der Waals surface area contributed by atoms with Gasteiger partial charge in [-0.05, 0) is 52.7 Å². The summed E-state index contributed by atoms with van der Waals surface area (Å²) in [7, 11) is 3.04. The highest BCUT2D eigenvalue weighted by molar-refractivity contribution is 5.84. The second-order valence-electron chi connectivity index (χ2n) is 9.74. The lowest BCUT2D eigenvalue weighted by Gasteiger charge is -2.36. The molecular formula is C31H26F3N3O4. The van der Waals surface area contributed by atoms with Crippen molar-refractivity contribution in [3.63, 3.8) is 0 Å². The molecule has 0 spiro atoms. The maximum absolute atomic E-state index is 13.7. The van der Waals surface area contributed by atoms with E-state index >= 15 is 0 Å². The first-order valence-electron chi connectivity index (χ1n) is 13.0. The van der Waals surface area contributed by atoms with Gasteiger partial charge < -0.3 is 23.5 Å². The highest BCUT2D eigenvalue weighted by atomic mass is 19.4. The third kappa shape index (κ3) is 4.90. The largest absolute Gasteiger partial charge is 0.493 e. The monoisotopic (exact) mass is 561 g/mol. The summed E-state index contributed by atoms with van der Waals surface area (Å²) in [5.41, 5.74) is 1.32. The fourth-order valence-electron chi connectivity index (χ4n) is 5.38. The zero-order valence-electron chi connectivity index (χ0n) is 22.3. The number of benzene rings is 3. The number of carbonyl (C=O) groups excluding carboxylic acids is 1. The molecule has 2 aromatic heterocycles. The first-order valence-corrected chi connectivity index (χ1v) is 13.0. The Labute approximate surface area is 233 Å². The number of ether oxygens (including phenoxy) is 3. The van der Waals surface area contributed by atoms with Crippen LogP contribution in [-0.4, -0.2) is 47.6 Å². The van der Waals surface area contributed by atoms with Gasteiger partial charge in [0.25, 0.3) is 5.91 Å². The van der Waals surface area contributed by atoms with E-state index in [0.29, 0.717) is 47.2 Å². The SMILES string of the molecule is COc1ccc(C2c3c(nc4cc(C(F)(F)F)ccn34)CCN2C(=O)COc2ccc3ccccc3c2)cc1OC. The molecule has 0 aliphatic carbocycles. The highest BCUT2D eigenvalue weighted by Gasteiger charge is 2.37. The van der Waals surface area contributed by atoms with Crippen LogP contribution in [0, 0.1) is 0 Å². The normalized spacial score (nSPS) is 15.1. The molecule has 0 radical (unpaired) electrons. The number of pyridine rings is 1. The molecule has 0 saturated carbocycles. The lowest BCUT2D eigenvalue weighted by atomic mass is 9.95. The van der Waals surface area contributed by atoms with E-state index in [9.17, 15) is 18.0 Å². The van der Waals surface area contributed by atoms with Crippen molar-refractivity contribution in [2.24, 2.45) is 0 Å². The number of hydrogen-bond donors (Lipinski definition) is 0.